The number of rotatable bonds is 4. The number of nitrogens with zero attached hydrogens (tertiary/aromatic N) is 3. The number of carboxylic acids is 1. The molecule has 2 N–H and O–H groups in total. The molecule has 174 valence electrons. The van der Waals surface area contributed by atoms with Crippen LogP contribution in [-0.4, -0.2) is 80.9 Å². The maximum atomic E-state index is 13.7. The monoisotopic (exact) mass is 454 g/mol. The van der Waals surface area contributed by atoms with E-state index < -0.39 is 41.4 Å². The first-order chi connectivity index (χ1) is 15.7. The van der Waals surface area contributed by atoms with Crippen molar-refractivity contribution in [3.05, 3.63) is 29.5 Å². The lowest BCUT2D eigenvalue weighted by atomic mass is 9.87. The molecule has 0 spiro atoms. The number of aliphatic carboxylic acids is 1. The summed E-state index contributed by atoms with van der Waals surface area (Å²) in [5, 5.41) is 10.4. The van der Waals surface area contributed by atoms with Gasteiger partial charge in [0.2, 0.25) is 5.91 Å². The number of fused-ring (bicyclic) bond motifs is 5. The summed E-state index contributed by atoms with van der Waals surface area (Å²) in [6, 6.07) is 3.06. The largest absolute Gasteiger partial charge is 0.497 e. The number of hydrogen-bond donors (Lipinski definition) is 2. The number of H-pyrrole nitrogens is 1. The zero-order valence-corrected chi connectivity index (χ0v) is 18.8. The van der Waals surface area contributed by atoms with Gasteiger partial charge in [0, 0.05) is 24.0 Å². The summed E-state index contributed by atoms with van der Waals surface area (Å²) >= 11 is 0. The molecule has 1 aromatic carbocycles. The number of carboxylic acid groups (broad SMARTS) is 1. The molecule has 3 aliphatic rings. The number of carbonyl (C=O) groups is 4. The Morgan fingerprint density at radius 2 is 2.03 bits per heavy atom. The minimum Gasteiger partial charge on any atom is -0.497 e. The van der Waals surface area contributed by atoms with E-state index >= 15 is 0 Å². The highest BCUT2D eigenvalue weighted by Crippen LogP contribution is 2.45. The third kappa shape index (κ3) is 2.79. The Labute approximate surface area is 190 Å². The van der Waals surface area contributed by atoms with Crippen LogP contribution in [0.1, 0.15) is 37.9 Å². The van der Waals surface area contributed by atoms with Gasteiger partial charge < -0.3 is 24.6 Å². The molecule has 1 aromatic heterocycles. The van der Waals surface area contributed by atoms with Crippen molar-refractivity contribution >= 4 is 34.7 Å². The molecule has 10 heteroatoms. The minimum absolute atomic E-state index is 0.297. The lowest BCUT2D eigenvalue weighted by Crippen LogP contribution is -2.53. The highest BCUT2D eigenvalue weighted by Gasteiger charge is 2.60. The second-order valence-electron chi connectivity index (χ2n) is 9.03. The summed E-state index contributed by atoms with van der Waals surface area (Å²) in [4.78, 5) is 58.9. The third-order valence-electron chi connectivity index (χ3n) is 7.36. The van der Waals surface area contributed by atoms with E-state index in [1.54, 1.807) is 14.0 Å². The van der Waals surface area contributed by atoms with Crippen molar-refractivity contribution in [1.29, 1.82) is 0 Å². The molecule has 2 saturated heterocycles. The number of urea groups is 1. The van der Waals surface area contributed by atoms with E-state index in [4.69, 9.17) is 4.74 Å². The predicted molar refractivity (Wildman–Crippen MR) is 117 cm³/mol. The lowest BCUT2D eigenvalue weighted by molar-refractivity contribution is -0.151. The molecule has 0 unspecified atom stereocenters. The summed E-state index contributed by atoms with van der Waals surface area (Å²) < 4.78 is 5.34. The van der Waals surface area contributed by atoms with E-state index in [2.05, 4.69) is 4.98 Å². The molecule has 0 saturated carbocycles. The van der Waals surface area contributed by atoms with Crippen LogP contribution >= 0.6 is 0 Å². The van der Waals surface area contributed by atoms with Crippen molar-refractivity contribution in [3.8, 4) is 5.75 Å². The van der Waals surface area contributed by atoms with Gasteiger partial charge in [0.1, 0.15) is 17.8 Å². The standard InChI is InChI=1S/C23H26N4O6/c1-12(19(28)25-9-4-5-17(25)20(29)30)27-21(31)23(2)18-14(8-10-26(23)22(27)32)15-11-13(33-3)6-7-16(15)24-18/h6-7,11-12,17,24H,4-5,8-10H2,1-3H3,(H,29,30)/t12-,17-,23-/m0/s1. The van der Waals surface area contributed by atoms with E-state index in [9.17, 15) is 24.3 Å². The summed E-state index contributed by atoms with van der Waals surface area (Å²) in [5.74, 6) is -1.38. The quantitative estimate of drug-likeness (QED) is 0.678. The fourth-order valence-electron chi connectivity index (χ4n) is 5.55. The first-order valence-corrected chi connectivity index (χ1v) is 11.1. The van der Waals surface area contributed by atoms with Crippen molar-refractivity contribution in [3.63, 3.8) is 0 Å². The minimum atomic E-state index is -1.28. The highest BCUT2D eigenvalue weighted by atomic mass is 16.5. The number of methoxy groups -OCH3 is 1. The van der Waals surface area contributed by atoms with Gasteiger partial charge in [0.25, 0.3) is 5.91 Å². The number of amides is 4. The topological polar surface area (TPSA) is 123 Å². The van der Waals surface area contributed by atoms with Crippen LogP contribution in [0.2, 0.25) is 0 Å². The molecule has 4 heterocycles. The van der Waals surface area contributed by atoms with Crippen LogP contribution in [0.3, 0.4) is 0 Å². The molecule has 2 fully saturated rings. The lowest BCUT2D eigenvalue weighted by Gasteiger charge is -2.36. The average Bonchev–Trinajstić information content (AvgIpc) is 3.47. The number of aromatic nitrogens is 1. The van der Waals surface area contributed by atoms with E-state index in [0.717, 1.165) is 21.4 Å². The van der Waals surface area contributed by atoms with Crippen LogP contribution in [0.4, 0.5) is 4.79 Å². The molecule has 5 rings (SSSR count). The molecule has 0 radical (unpaired) electrons. The number of likely N-dealkylation sites (tertiary alicyclic amines) is 1. The van der Waals surface area contributed by atoms with Gasteiger partial charge in [-0.2, -0.15) is 0 Å². The van der Waals surface area contributed by atoms with Gasteiger partial charge >= 0.3 is 12.0 Å². The van der Waals surface area contributed by atoms with Crippen LogP contribution in [0, 0.1) is 0 Å². The second-order valence-corrected chi connectivity index (χ2v) is 9.03. The maximum absolute atomic E-state index is 13.7. The van der Waals surface area contributed by atoms with Crippen LogP contribution in [0.25, 0.3) is 10.9 Å². The number of aromatic amines is 1. The molecule has 2 aromatic rings. The smallest absolute Gasteiger partial charge is 0.328 e. The zero-order chi connectivity index (χ0) is 23.7. The molecule has 3 atom stereocenters. The van der Waals surface area contributed by atoms with E-state index in [1.165, 1.54) is 16.7 Å². The van der Waals surface area contributed by atoms with Gasteiger partial charge in [-0.3, -0.25) is 9.59 Å². The number of hydrogen-bond acceptors (Lipinski definition) is 5. The molecule has 0 aliphatic carbocycles. The summed E-state index contributed by atoms with van der Waals surface area (Å²) in [6.45, 7) is 3.82. The van der Waals surface area contributed by atoms with Gasteiger partial charge in [-0.05, 0) is 56.9 Å². The normalized spacial score (nSPS) is 25.4. The number of carbonyl (C=O) groups excluding carboxylic acids is 3. The predicted octanol–water partition coefficient (Wildman–Crippen LogP) is 1.68. The van der Waals surface area contributed by atoms with E-state index in [-0.39, 0.29) is 0 Å². The van der Waals surface area contributed by atoms with Crippen molar-refractivity contribution < 1.29 is 29.0 Å². The number of ether oxygens (including phenoxy) is 1. The third-order valence-corrected chi connectivity index (χ3v) is 7.36. The van der Waals surface area contributed by atoms with E-state index in [1.807, 2.05) is 18.2 Å². The van der Waals surface area contributed by atoms with Gasteiger partial charge in [0.15, 0.2) is 5.54 Å². The Bertz CT molecular complexity index is 1210. The van der Waals surface area contributed by atoms with Crippen LogP contribution in [0.5, 0.6) is 5.75 Å². The molecular weight excluding hydrogens is 428 g/mol. The van der Waals surface area contributed by atoms with Crippen molar-refractivity contribution in [2.24, 2.45) is 0 Å². The summed E-state index contributed by atoms with van der Waals surface area (Å²) in [5.41, 5.74) is 1.16. The van der Waals surface area contributed by atoms with Crippen LogP contribution in [-0.2, 0) is 26.3 Å². The van der Waals surface area contributed by atoms with Gasteiger partial charge in [-0.1, -0.05) is 0 Å². The zero-order valence-electron chi connectivity index (χ0n) is 18.8. The second kappa shape index (κ2) is 7.23. The molecule has 3 aliphatic heterocycles. The van der Waals surface area contributed by atoms with Crippen LogP contribution in [0.15, 0.2) is 18.2 Å². The Balaban J connectivity index is 1.52. The fourth-order valence-corrected chi connectivity index (χ4v) is 5.55. The van der Waals surface area contributed by atoms with Gasteiger partial charge in [0.05, 0.1) is 12.8 Å². The maximum Gasteiger partial charge on any atom is 0.328 e. The van der Waals surface area contributed by atoms with Crippen molar-refractivity contribution in [1.82, 2.24) is 19.7 Å². The van der Waals surface area contributed by atoms with E-state index in [0.29, 0.717) is 43.8 Å². The Kier molecular flexibility index (Phi) is 4.66. The first-order valence-electron chi connectivity index (χ1n) is 11.1. The van der Waals surface area contributed by atoms with Crippen molar-refractivity contribution in [2.75, 3.05) is 20.2 Å². The Hall–Kier alpha value is -3.56. The Morgan fingerprint density at radius 1 is 1.27 bits per heavy atom. The molecule has 0 bridgehead atoms. The molecular formula is C23H26N4O6. The first kappa shape index (κ1) is 21.3. The van der Waals surface area contributed by atoms with Gasteiger partial charge in [-0.25, -0.2) is 14.5 Å². The SMILES string of the molecule is COc1ccc2[nH]c3c(c2c1)CCN1C(=O)N([C@@H](C)C(=O)N2CCC[C@H]2C(=O)O)C(=O)[C@]31C. The van der Waals surface area contributed by atoms with Crippen molar-refractivity contribution in [2.45, 2.75) is 50.7 Å². The molecule has 4 amide bonds. The molecule has 33 heavy (non-hydrogen) atoms. The highest BCUT2D eigenvalue weighted by molar-refractivity contribution is 6.11. The number of nitrogens with one attached hydrogen (secondary N) is 1. The summed E-state index contributed by atoms with van der Waals surface area (Å²) in [7, 11) is 1.59. The van der Waals surface area contributed by atoms with Crippen LogP contribution < -0.4 is 4.74 Å². The molecule has 10 nitrogen and oxygen atoms in total. The number of imide groups is 1. The van der Waals surface area contributed by atoms with Gasteiger partial charge in [-0.15, -0.1) is 0 Å². The fraction of sp³-hybridized carbons (Fsp3) is 0.478. The Morgan fingerprint density at radius 3 is 2.73 bits per heavy atom. The summed E-state index contributed by atoms with van der Waals surface area (Å²) in [6.07, 6.45) is 1.49. The number of benzene rings is 1. The average molecular weight is 454 g/mol.